The second kappa shape index (κ2) is 9.97. The molecule has 0 radical (unpaired) electrons. The van der Waals surface area contributed by atoms with Crippen molar-refractivity contribution in [2.75, 3.05) is 50.5 Å². The Bertz CT molecular complexity index is 804. The van der Waals surface area contributed by atoms with E-state index in [2.05, 4.69) is 30.6 Å². The van der Waals surface area contributed by atoms with Crippen molar-refractivity contribution in [3.63, 3.8) is 0 Å². The van der Waals surface area contributed by atoms with Crippen molar-refractivity contribution >= 4 is 23.3 Å². The molecule has 0 bridgehead atoms. The molecule has 8 nitrogen and oxygen atoms in total. The number of carbonyl (C=O) groups excluding carboxylic acids is 2. The quantitative estimate of drug-likeness (QED) is 0.739. The standard InChI is InChI=1S/C21H28N6O2/c1-22-20(28)15-27-12-10-16(11-13-27)14-26(2)19-9-8-18(24-25-19)21(29)23-17-6-4-3-5-7-17/h3-9,16H,10-15H2,1-2H3,(H,22,28)(H,23,29). The number of carbonyl (C=O) groups is 2. The summed E-state index contributed by atoms with van der Waals surface area (Å²) in [5.74, 6) is 1.08. The molecule has 2 N–H and O–H groups in total. The van der Waals surface area contributed by atoms with Gasteiger partial charge in [0.15, 0.2) is 11.5 Å². The highest BCUT2D eigenvalue weighted by Gasteiger charge is 2.22. The number of para-hydroxylation sites is 1. The Kier molecular flexibility index (Phi) is 7.13. The maximum absolute atomic E-state index is 12.3. The Morgan fingerprint density at radius 3 is 2.45 bits per heavy atom. The van der Waals surface area contributed by atoms with Crippen molar-refractivity contribution in [2.24, 2.45) is 5.92 Å². The molecule has 1 aromatic heterocycles. The number of hydrogen-bond acceptors (Lipinski definition) is 6. The smallest absolute Gasteiger partial charge is 0.276 e. The van der Waals surface area contributed by atoms with Crippen LogP contribution in [-0.4, -0.2) is 67.2 Å². The molecular formula is C21H28N6O2. The summed E-state index contributed by atoms with van der Waals surface area (Å²) >= 11 is 0. The van der Waals surface area contributed by atoms with Crippen LogP contribution in [0, 0.1) is 5.92 Å². The summed E-state index contributed by atoms with van der Waals surface area (Å²) in [5, 5.41) is 13.8. The SMILES string of the molecule is CNC(=O)CN1CCC(CN(C)c2ccc(C(=O)Nc3ccccc3)nn2)CC1. The summed E-state index contributed by atoms with van der Waals surface area (Å²) in [6, 6.07) is 12.8. The zero-order chi connectivity index (χ0) is 20.6. The Balaban J connectivity index is 1.48. The van der Waals surface area contributed by atoms with Gasteiger partial charge in [-0.2, -0.15) is 0 Å². The fraction of sp³-hybridized carbons (Fsp3) is 0.429. The second-order valence-corrected chi connectivity index (χ2v) is 7.37. The summed E-state index contributed by atoms with van der Waals surface area (Å²) in [5.41, 5.74) is 1.01. The van der Waals surface area contributed by atoms with Crippen LogP contribution in [0.3, 0.4) is 0 Å². The largest absolute Gasteiger partial charge is 0.358 e. The number of nitrogens with one attached hydrogen (secondary N) is 2. The van der Waals surface area contributed by atoms with Gasteiger partial charge in [0.05, 0.1) is 6.54 Å². The highest BCUT2D eigenvalue weighted by atomic mass is 16.2. The number of amides is 2. The molecule has 3 rings (SSSR count). The number of piperidine rings is 1. The van der Waals surface area contributed by atoms with Crippen LogP contribution < -0.4 is 15.5 Å². The van der Waals surface area contributed by atoms with Gasteiger partial charge in [-0.05, 0) is 56.1 Å². The molecule has 1 saturated heterocycles. The van der Waals surface area contributed by atoms with Gasteiger partial charge < -0.3 is 15.5 Å². The lowest BCUT2D eigenvalue weighted by atomic mass is 9.96. The Morgan fingerprint density at radius 1 is 1.10 bits per heavy atom. The van der Waals surface area contributed by atoms with Crippen LogP contribution in [-0.2, 0) is 4.79 Å². The van der Waals surface area contributed by atoms with Crippen LogP contribution in [0.2, 0.25) is 0 Å². The molecule has 2 heterocycles. The average molecular weight is 396 g/mol. The summed E-state index contributed by atoms with van der Waals surface area (Å²) in [6.07, 6.45) is 2.10. The molecule has 8 heteroatoms. The first-order valence-electron chi connectivity index (χ1n) is 9.89. The third-order valence-electron chi connectivity index (χ3n) is 5.19. The summed E-state index contributed by atoms with van der Waals surface area (Å²) < 4.78 is 0. The zero-order valence-electron chi connectivity index (χ0n) is 17.0. The summed E-state index contributed by atoms with van der Waals surface area (Å²) in [7, 11) is 3.66. The van der Waals surface area contributed by atoms with Gasteiger partial charge in [-0.1, -0.05) is 18.2 Å². The molecule has 2 amide bonds. The predicted octanol–water partition coefficient (Wildman–Crippen LogP) is 1.62. The molecule has 1 fully saturated rings. The van der Waals surface area contributed by atoms with Crippen molar-refractivity contribution in [1.29, 1.82) is 0 Å². The first kappa shape index (κ1) is 20.7. The van der Waals surface area contributed by atoms with E-state index < -0.39 is 0 Å². The van der Waals surface area contributed by atoms with Gasteiger partial charge in [-0.25, -0.2) is 0 Å². The molecule has 1 aliphatic rings. The molecule has 1 aromatic carbocycles. The average Bonchev–Trinajstić information content (AvgIpc) is 2.75. The Morgan fingerprint density at radius 2 is 1.83 bits per heavy atom. The van der Waals surface area contributed by atoms with Gasteiger partial charge in [-0.15, -0.1) is 10.2 Å². The first-order chi connectivity index (χ1) is 14.0. The molecule has 0 spiro atoms. The van der Waals surface area contributed by atoms with Gasteiger partial charge in [0, 0.05) is 26.3 Å². The normalized spacial score (nSPS) is 15.0. The van der Waals surface area contributed by atoms with Crippen molar-refractivity contribution in [3.8, 4) is 0 Å². The summed E-state index contributed by atoms with van der Waals surface area (Å²) in [4.78, 5) is 28.0. The van der Waals surface area contributed by atoms with E-state index in [0.717, 1.165) is 44.0 Å². The van der Waals surface area contributed by atoms with Crippen molar-refractivity contribution < 1.29 is 9.59 Å². The van der Waals surface area contributed by atoms with E-state index in [1.807, 2.05) is 43.4 Å². The molecular weight excluding hydrogens is 368 g/mol. The van der Waals surface area contributed by atoms with Crippen LogP contribution in [0.4, 0.5) is 11.5 Å². The van der Waals surface area contributed by atoms with E-state index in [4.69, 9.17) is 0 Å². The van der Waals surface area contributed by atoms with E-state index in [-0.39, 0.29) is 17.5 Å². The number of nitrogens with zero attached hydrogens (tertiary/aromatic N) is 4. The van der Waals surface area contributed by atoms with Gasteiger partial charge >= 0.3 is 0 Å². The topological polar surface area (TPSA) is 90.5 Å². The van der Waals surface area contributed by atoms with E-state index in [9.17, 15) is 9.59 Å². The van der Waals surface area contributed by atoms with Crippen LogP contribution in [0.1, 0.15) is 23.3 Å². The molecule has 1 aliphatic heterocycles. The van der Waals surface area contributed by atoms with Gasteiger partial charge in [0.1, 0.15) is 0 Å². The fourth-order valence-corrected chi connectivity index (χ4v) is 3.46. The lowest BCUT2D eigenvalue weighted by Gasteiger charge is -2.33. The molecule has 0 saturated carbocycles. The van der Waals surface area contributed by atoms with E-state index in [1.165, 1.54) is 0 Å². The molecule has 0 atom stereocenters. The highest BCUT2D eigenvalue weighted by molar-refractivity contribution is 6.02. The minimum absolute atomic E-state index is 0.0623. The Hall–Kier alpha value is -3.00. The van der Waals surface area contributed by atoms with Crippen LogP contribution in [0.25, 0.3) is 0 Å². The molecule has 29 heavy (non-hydrogen) atoms. The number of rotatable bonds is 7. The van der Waals surface area contributed by atoms with Crippen molar-refractivity contribution in [3.05, 3.63) is 48.2 Å². The van der Waals surface area contributed by atoms with E-state index >= 15 is 0 Å². The van der Waals surface area contributed by atoms with Crippen LogP contribution >= 0.6 is 0 Å². The molecule has 154 valence electrons. The Labute approximate surface area is 171 Å². The van der Waals surface area contributed by atoms with Crippen molar-refractivity contribution in [1.82, 2.24) is 20.4 Å². The molecule has 0 aliphatic carbocycles. The fourth-order valence-electron chi connectivity index (χ4n) is 3.46. The van der Waals surface area contributed by atoms with Gasteiger partial charge in [0.25, 0.3) is 5.91 Å². The van der Waals surface area contributed by atoms with Crippen molar-refractivity contribution in [2.45, 2.75) is 12.8 Å². The van der Waals surface area contributed by atoms with E-state index in [0.29, 0.717) is 12.5 Å². The number of likely N-dealkylation sites (tertiary alicyclic amines) is 1. The minimum atomic E-state index is -0.276. The third kappa shape index (κ3) is 5.99. The zero-order valence-corrected chi connectivity index (χ0v) is 17.0. The van der Waals surface area contributed by atoms with Gasteiger partial charge in [0.2, 0.25) is 5.91 Å². The maximum atomic E-state index is 12.3. The number of hydrogen-bond donors (Lipinski definition) is 2. The third-order valence-corrected chi connectivity index (χ3v) is 5.19. The number of aromatic nitrogens is 2. The highest BCUT2D eigenvalue weighted by Crippen LogP contribution is 2.20. The molecule has 2 aromatic rings. The number of anilines is 2. The monoisotopic (exact) mass is 396 g/mol. The first-order valence-corrected chi connectivity index (χ1v) is 9.89. The lowest BCUT2D eigenvalue weighted by Crippen LogP contribution is -2.42. The van der Waals surface area contributed by atoms with Crippen LogP contribution in [0.15, 0.2) is 42.5 Å². The molecule has 0 unspecified atom stereocenters. The van der Waals surface area contributed by atoms with Crippen LogP contribution in [0.5, 0.6) is 0 Å². The minimum Gasteiger partial charge on any atom is -0.358 e. The number of benzene rings is 1. The van der Waals surface area contributed by atoms with Gasteiger partial charge in [-0.3, -0.25) is 14.5 Å². The maximum Gasteiger partial charge on any atom is 0.276 e. The summed E-state index contributed by atoms with van der Waals surface area (Å²) in [6.45, 7) is 3.20. The number of likely N-dealkylation sites (N-methyl/N-ethyl adjacent to an activating group) is 1. The lowest BCUT2D eigenvalue weighted by molar-refractivity contribution is -0.122. The predicted molar refractivity (Wildman–Crippen MR) is 113 cm³/mol. The second-order valence-electron chi connectivity index (χ2n) is 7.37. The van der Waals surface area contributed by atoms with E-state index in [1.54, 1.807) is 13.1 Å².